The number of ether oxygens (including phenoxy) is 1. The van der Waals surface area contributed by atoms with E-state index in [1.54, 1.807) is 31.4 Å². The van der Waals surface area contributed by atoms with Crippen molar-refractivity contribution in [2.75, 3.05) is 7.11 Å². The minimum atomic E-state index is -0.950. The quantitative estimate of drug-likeness (QED) is 0.250. The number of aromatic carboxylic acids is 1. The molecule has 0 unspecified atom stereocenters. The second kappa shape index (κ2) is 9.56. The summed E-state index contributed by atoms with van der Waals surface area (Å²) in [6.07, 6.45) is 3.95. The summed E-state index contributed by atoms with van der Waals surface area (Å²) in [7, 11) is 1.65. The van der Waals surface area contributed by atoms with E-state index in [1.807, 2.05) is 79.1 Å². The zero-order valence-corrected chi connectivity index (χ0v) is 20.8. The number of carboxylic acid groups (broad SMARTS) is 1. The molecule has 0 spiro atoms. The van der Waals surface area contributed by atoms with Gasteiger partial charge in [0, 0.05) is 47.5 Å². The molecule has 0 saturated heterocycles. The largest absolute Gasteiger partial charge is 0.497 e. The molecule has 0 aliphatic rings. The van der Waals surface area contributed by atoms with Crippen LogP contribution in [0.1, 0.15) is 21.5 Å². The molecule has 0 amide bonds. The first-order valence-corrected chi connectivity index (χ1v) is 12.3. The van der Waals surface area contributed by atoms with Gasteiger partial charge in [-0.3, -0.25) is 0 Å². The molecular weight excluding hydrogens is 479 g/mol. The molecule has 0 bridgehead atoms. The Kier molecular flexibility index (Phi) is 5.92. The molecule has 4 aromatic carbocycles. The van der Waals surface area contributed by atoms with Crippen molar-refractivity contribution in [1.29, 1.82) is 0 Å². The van der Waals surface area contributed by atoms with E-state index in [0.717, 1.165) is 44.2 Å². The molecule has 2 heterocycles. The SMILES string of the molecule is COc1cccc(Cn2ccc3cc(F)c(-c4ccc5ccn(Cc6cccc(C(=O)O)c6)c5c4)cc32)c1. The van der Waals surface area contributed by atoms with Gasteiger partial charge in [0.1, 0.15) is 11.6 Å². The Morgan fingerprint density at radius 2 is 1.47 bits per heavy atom. The summed E-state index contributed by atoms with van der Waals surface area (Å²) >= 11 is 0. The van der Waals surface area contributed by atoms with Gasteiger partial charge in [0.2, 0.25) is 0 Å². The lowest BCUT2D eigenvalue weighted by atomic mass is 10.0. The van der Waals surface area contributed by atoms with E-state index in [9.17, 15) is 9.90 Å². The third-order valence-corrected chi connectivity index (χ3v) is 6.96. The molecule has 5 nitrogen and oxygen atoms in total. The van der Waals surface area contributed by atoms with Crippen molar-refractivity contribution in [3.8, 4) is 16.9 Å². The van der Waals surface area contributed by atoms with Crippen LogP contribution in [0, 0.1) is 5.82 Å². The number of halogens is 1. The summed E-state index contributed by atoms with van der Waals surface area (Å²) in [6, 6.07) is 28.2. The van der Waals surface area contributed by atoms with Crippen LogP contribution >= 0.6 is 0 Å². The van der Waals surface area contributed by atoms with Gasteiger partial charge in [-0.25, -0.2) is 9.18 Å². The highest BCUT2D eigenvalue weighted by molar-refractivity contribution is 5.90. The van der Waals surface area contributed by atoms with Crippen LogP contribution in [0.5, 0.6) is 5.75 Å². The number of hydrogen-bond donors (Lipinski definition) is 1. The Bertz CT molecular complexity index is 1820. The molecule has 0 atom stereocenters. The molecular formula is C32H25FN2O3. The van der Waals surface area contributed by atoms with E-state index < -0.39 is 5.97 Å². The average molecular weight is 505 g/mol. The molecule has 6 heteroatoms. The number of benzene rings is 4. The summed E-state index contributed by atoms with van der Waals surface area (Å²) < 4.78 is 24.9. The van der Waals surface area contributed by atoms with E-state index in [1.165, 1.54) is 0 Å². The fraction of sp³-hybridized carbons (Fsp3) is 0.0938. The van der Waals surface area contributed by atoms with Crippen molar-refractivity contribution in [3.05, 3.63) is 126 Å². The number of carboxylic acids is 1. The second-order valence-corrected chi connectivity index (χ2v) is 9.41. The number of carbonyl (C=O) groups is 1. The molecule has 0 aliphatic carbocycles. The third-order valence-electron chi connectivity index (χ3n) is 6.96. The van der Waals surface area contributed by atoms with Crippen LogP contribution in [0.2, 0.25) is 0 Å². The summed E-state index contributed by atoms with van der Waals surface area (Å²) in [4.78, 5) is 11.4. The summed E-state index contributed by atoms with van der Waals surface area (Å²) in [5.74, 6) is -0.423. The van der Waals surface area contributed by atoms with Gasteiger partial charge in [-0.2, -0.15) is 0 Å². The van der Waals surface area contributed by atoms with Crippen molar-refractivity contribution >= 4 is 27.8 Å². The summed E-state index contributed by atoms with van der Waals surface area (Å²) in [5.41, 5.74) is 5.46. The smallest absolute Gasteiger partial charge is 0.335 e. The maximum absolute atomic E-state index is 15.3. The molecule has 188 valence electrons. The number of nitrogens with zero attached hydrogens (tertiary/aromatic N) is 2. The summed E-state index contributed by atoms with van der Waals surface area (Å²) in [5, 5.41) is 11.2. The minimum absolute atomic E-state index is 0.256. The Morgan fingerprint density at radius 1 is 0.789 bits per heavy atom. The van der Waals surface area contributed by atoms with Gasteiger partial charge < -0.3 is 19.0 Å². The normalized spacial score (nSPS) is 11.3. The van der Waals surface area contributed by atoms with E-state index in [4.69, 9.17) is 4.74 Å². The fourth-order valence-electron chi connectivity index (χ4n) is 5.03. The van der Waals surface area contributed by atoms with Crippen LogP contribution < -0.4 is 4.74 Å². The van der Waals surface area contributed by atoms with Crippen LogP contribution in [0.15, 0.2) is 103 Å². The van der Waals surface area contributed by atoms with E-state index in [0.29, 0.717) is 18.7 Å². The van der Waals surface area contributed by atoms with Gasteiger partial charge in [-0.1, -0.05) is 36.4 Å². The first kappa shape index (κ1) is 23.6. The van der Waals surface area contributed by atoms with Gasteiger partial charge in [0.15, 0.2) is 0 Å². The number of methoxy groups -OCH3 is 1. The predicted octanol–water partition coefficient (Wildman–Crippen LogP) is 7.21. The standard InChI is InChI=1S/C32H25FN2O3/c1-38-27-7-3-5-22(15-27)20-35-13-11-25-16-29(33)28(18-31(25)35)24-9-8-23-10-12-34(30(23)17-24)19-21-4-2-6-26(14-21)32(36)37/h2-18H,19-20H2,1H3,(H,36,37). The number of fused-ring (bicyclic) bond motifs is 2. The van der Waals surface area contributed by atoms with Crippen molar-refractivity contribution in [3.63, 3.8) is 0 Å². The Balaban J connectivity index is 1.37. The lowest BCUT2D eigenvalue weighted by molar-refractivity contribution is 0.0696. The highest BCUT2D eigenvalue weighted by Crippen LogP contribution is 2.32. The van der Waals surface area contributed by atoms with E-state index in [-0.39, 0.29) is 11.4 Å². The van der Waals surface area contributed by atoms with E-state index in [2.05, 4.69) is 9.13 Å². The van der Waals surface area contributed by atoms with Crippen LogP contribution in [-0.2, 0) is 13.1 Å². The lowest BCUT2D eigenvalue weighted by Gasteiger charge is -2.11. The van der Waals surface area contributed by atoms with Crippen molar-refractivity contribution in [2.45, 2.75) is 13.1 Å². The first-order valence-electron chi connectivity index (χ1n) is 12.3. The molecule has 0 radical (unpaired) electrons. The monoisotopic (exact) mass is 504 g/mol. The van der Waals surface area contributed by atoms with Gasteiger partial charge in [0.25, 0.3) is 0 Å². The summed E-state index contributed by atoms with van der Waals surface area (Å²) in [6.45, 7) is 1.15. The first-order chi connectivity index (χ1) is 18.5. The van der Waals surface area contributed by atoms with Gasteiger partial charge >= 0.3 is 5.97 Å². The topological polar surface area (TPSA) is 56.4 Å². The van der Waals surface area contributed by atoms with Gasteiger partial charge in [0.05, 0.1) is 12.7 Å². The van der Waals surface area contributed by atoms with Crippen LogP contribution in [0.3, 0.4) is 0 Å². The van der Waals surface area contributed by atoms with Crippen molar-refractivity contribution < 1.29 is 19.0 Å². The zero-order valence-electron chi connectivity index (χ0n) is 20.8. The van der Waals surface area contributed by atoms with Crippen LogP contribution in [-0.4, -0.2) is 27.3 Å². The average Bonchev–Trinajstić information content (AvgIpc) is 3.51. The maximum atomic E-state index is 15.3. The fourth-order valence-corrected chi connectivity index (χ4v) is 5.03. The number of aromatic nitrogens is 2. The Morgan fingerprint density at radius 3 is 2.21 bits per heavy atom. The maximum Gasteiger partial charge on any atom is 0.335 e. The Hall–Kier alpha value is -4.84. The van der Waals surface area contributed by atoms with Crippen molar-refractivity contribution in [1.82, 2.24) is 9.13 Å². The predicted molar refractivity (Wildman–Crippen MR) is 147 cm³/mol. The van der Waals surface area contributed by atoms with Gasteiger partial charge in [-0.15, -0.1) is 0 Å². The molecule has 2 aromatic heterocycles. The number of hydrogen-bond acceptors (Lipinski definition) is 2. The van der Waals surface area contributed by atoms with Gasteiger partial charge in [-0.05, 0) is 76.7 Å². The van der Waals surface area contributed by atoms with Crippen LogP contribution in [0.4, 0.5) is 4.39 Å². The van der Waals surface area contributed by atoms with E-state index >= 15 is 4.39 Å². The molecule has 0 fully saturated rings. The third kappa shape index (κ3) is 4.41. The minimum Gasteiger partial charge on any atom is -0.497 e. The lowest BCUT2D eigenvalue weighted by Crippen LogP contribution is -2.01. The Labute approximate surface area is 218 Å². The van der Waals surface area contributed by atoms with Crippen molar-refractivity contribution in [2.24, 2.45) is 0 Å². The second-order valence-electron chi connectivity index (χ2n) is 9.41. The molecule has 0 saturated carbocycles. The molecule has 38 heavy (non-hydrogen) atoms. The van der Waals surface area contributed by atoms with Crippen LogP contribution in [0.25, 0.3) is 32.9 Å². The number of rotatable bonds is 7. The molecule has 1 N–H and O–H groups in total. The highest BCUT2D eigenvalue weighted by atomic mass is 19.1. The highest BCUT2D eigenvalue weighted by Gasteiger charge is 2.13. The molecule has 6 aromatic rings. The molecule has 6 rings (SSSR count). The molecule has 0 aliphatic heterocycles. The zero-order chi connectivity index (χ0) is 26.2.